The number of aromatic nitrogens is 2. The number of anilines is 1. The molecule has 0 aliphatic carbocycles. The lowest BCUT2D eigenvalue weighted by Gasteiger charge is -2.32. The molecule has 1 aromatic heterocycles. The van der Waals surface area contributed by atoms with Gasteiger partial charge < -0.3 is 15.4 Å². The van der Waals surface area contributed by atoms with Crippen molar-refractivity contribution >= 4 is 17.5 Å². The number of hydrogen-bond acceptors (Lipinski definition) is 6. The van der Waals surface area contributed by atoms with Gasteiger partial charge in [-0.3, -0.25) is 14.6 Å². The standard InChI is InChI=1S/C18H20N4O3/c1-25-14-4-2-12(3-5-14)17(23)13-6-8-22(9-7-13)16-11-20-10-15(21-16)18(19)24/h2-5,10-11,13H,6-9H2,1H3,(H2,19,24). The Morgan fingerprint density at radius 2 is 1.84 bits per heavy atom. The second-order valence-electron chi connectivity index (χ2n) is 5.98. The van der Waals surface area contributed by atoms with Crippen molar-refractivity contribution in [3.05, 3.63) is 47.9 Å². The average molecular weight is 340 g/mol. The summed E-state index contributed by atoms with van der Waals surface area (Å²) in [4.78, 5) is 34.1. The fourth-order valence-corrected chi connectivity index (χ4v) is 2.99. The van der Waals surface area contributed by atoms with Crippen LogP contribution in [0, 0.1) is 5.92 Å². The van der Waals surface area contributed by atoms with Crippen LogP contribution in [0.25, 0.3) is 0 Å². The van der Waals surface area contributed by atoms with Gasteiger partial charge in [0, 0.05) is 24.6 Å². The Kier molecular flexibility index (Phi) is 4.92. The molecule has 1 aromatic carbocycles. The van der Waals surface area contributed by atoms with Crippen molar-refractivity contribution in [3.63, 3.8) is 0 Å². The van der Waals surface area contributed by atoms with Gasteiger partial charge in [-0.15, -0.1) is 0 Å². The van der Waals surface area contributed by atoms with Gasteiger partial charge in [0.25, 0.3) is 5.91 Å². The van der Waals surface area contributed by atoms with Crippen LogP contribution in [-0.2, 0) is 0 Å². The van der Waals surface area contributed by atoms with Gasteiger partial charge in [0.1, 0.15) is 17.3 Å². The number of ether oxygens (including phenoxy) is 1. The third-order valence-corrected chi connectivity index (χ3v) is 4.44. The number of rotatable bonds is 5. The molecule has 0 unspecified atom stereocenters. The van der Waals surface area contributed by atoms with Crippen molar-refractivity contribution in [1.82, 2.24) is 9.97 Å². The number of amides is 1. The van der Waals surface area contributed by atoms with E-state index in [4.69, 9.17) is 10.5 Å². The van der Waals surface area contributed by atoms with Crippen molar-refractivity contribution in [3.8, 4) is 5.75 Å². The Bertz CT molecular complexity index is 768. The lowest BCUT2D eigenvalue weighted by molar-refractivity contribution is 0.0900. The highest BCUT2D eigenvalue weighted by atomic mass is 16.5. The van der Waals surface area contributed by atoms with E-state index in [1.165, 1.54) is 6.20 Å². The van der Waals surface area contributed by atoms with E-state index in [-0.39, 0.29) is 17.4 Å². The van der Waals surface area contributed by atoms with Crippen molar-refractivity contribution < 1.29 is 14.3 Å². The number of nitrogens with zero attached hydrogens (tertiary/aromatic N) is 3. The second kappa shape index (κ2) is 7.29. The number of benzene rings is 1. The van der Waals surface area contributed by atoms with Crippen LogP contribution in [0.1, 0.15) is 33.7 Å². The van der Waals surface area contributed by atoms with Crippen LogP contribution in [0.15, 0.2) is 36.7 Å². The molecule has 25 heavy (non-hydrogen) atoms. The Balaban J connectivity index is 1.64. The van der Waals surface area contributed by atoms with Crippen LogP contribution in [0.2, 0.25) is 0 Å². The van der Waals surface area contributed by atoms with Gasteiger partial charge in [-0.25, -0.2) is 4.98 Å². The maximum absolute atomic E-state index is 12.6. The first kappa shape index (κ1) is 16.9. The average Bonchev–Trinajstić information content (AvgIpc) is 2.67. The Morgan fingerprint density at radius 3 is 2.44 bits per heavy atom. The van der Waals surface area contributed by atoms with Gasteiger partial charge in [-0.1, -0.05) is 0 Å². The molecule has 0 spiro atoms. The molecular weight excluding hydrogens is 320 g/mol. The highest BCUT2D eigenvalue weighted by Crippen LogP contribution is 2.25. The van der Waals surface area contributed by atoms with Gasteiger partial charge >= 0.3 is 0 Å². The van der Waals surface area contributed by atoms with Crippen LogP contribution in [0.3, 0.4) is 0 Å². The number of hydrogen-bond donors (Lipinski definition) is 1. The zero-order chi connectivity index (χ0) is 17.8. The molecule has 7 nitrogen and oxygen atoms in total. The number of ketones is 1. The number of Topliss-reactive ketones (excluding diaryl/α,β-unsaturated/α-hetero) is 1. The zero-order valence-electron chi connectivity index (χ0n) is 14.0. The molecule has 2 heterocycles. The van der Waals surface area contributed by atoms with E-state index in [9.17, 15) is 9.59 Å². The second-order valence-corrected chi connectivity index (χ2v) is 5.98. The number of primary amides is 1. The van der Waals surface area contributed by atoms with E-state index in [0.29, 0.717) is 24.5 Å². The molecule has 1 aliphatic heterocycles. The van der Waals surface area contributed by atoms with Crippen molar-refractivity contribution in [2.24, 2.45) is 11.7 Å². The van der Waals surface area contributed by atoms with E-state index < -0.39 is 5.91 Å². The van der Waals surface area contributed by atoms with Gasteiger partial charge in [0.15, 0.2) is 5.78 Å². The van der Waals surface area contributed by atoms with Crippen LogP contribution in [0.4, 0.5) is 5.82 Å². The molecule has 0 bridgehead atoms. The van der Waals surface area contributed by atoms with E-state index in [2.05, 4.69) is 9.97 Å². The summed E-state index contributed by atoms with van der Waals surface area (Å²) in [5.41, 5.74) is 6.10. The number of carbonyl (C=O) groups is 2. The number of methoxy groups -OCH3 is 1. The van der Waals surface area contributed by atoms with Crippen LogP contribution >= 0.6 is 0 Å². The molecule has 130 valence electrons. The van der Waals surface area contributed by atoms with Crippen LogP contribution in [-0.4, -0.2) is 41.9 Å². The van der Waals surface area contributed by atoms with Gasteiger partial charge in [0.2, 0.25) is 0 Å². The quantitative estimate of drug-likeness (QED) is 0.832. The van der Waals surface area contributed by atoms with Crippen molar-refractivity contribution in [2.45, 2.75) is 12.8 Å². The Morgan fingerprint density at radius 1 is 1.16 bits per heavy atom. The zero-order valence-corrected chi connectivity index (χ0v) is 14.0. The fourth-order valence-electron chi connectivity index (χ4n) is 2.99. The summed E-state index contributed by atoms with van der Waals surface area (Å²) in [6.07, 6.45) is 4.42. The molecule has 1 fully saturated rings. The summed E-state index contributed by atoms with van der Waals surface area (Å²) >= 11 is 0. The molecule has 2 aromatic rings. The Labute approximate surface area is 145 Å². The molecule has 1 amide bonds. The molecule has 0 atom stereocenters. The molecule has 1 aliphatic rings. The van der Waals surface area contributed by atoms with Gasteiger partial charge in [-0.05, 0) is 37.1 Å². The topological polar surface area (TPSA) is 98.4 Å². The predicted octanol–water partition coefficient (Wildman–Crippen LogP) is 1.68. The molecule has 0 radical (unpaired) electrons. The number of nitrogens with two attached hydrogens (primary N) is 1. The van der Waals surface area contributed by atoms with E-state index >= 15 is 0 Å². The predicted molar refractivity (Wildman–Crippen MR) is 92.8 cm³/mol. The maximum atomic E-state index is 12.6. The van der Waals surface area contributed by atoms with Crippen LogP contribution < -0.4 is 15.4 Å². The van der Waals surface area contributed by atoms with Crippen molar-refractivity contribution in [1.29, 1.82) is 0 Å². The first-order chi connectivity index (χ1) is 12.1. The van der Waals surface area contributed by atoms with E-state index in [1.54, 1.807) is 37.6 Å². The summed E-state index contributed by atoms with van der Waals surface area (Å²) in [6, 6.07) is 7.20. The van der Waals surface area contributed by atoms with E-state index in [0.717, 1.165) is 18.6 Å². The molecular formula is C18H20N4O3. The van der Waals surface area contributed by atoms with E-state index in [1.807, 2.05) is 4.90 Å². The lowest BCUT2D eigenvalue weighted by atomic mass is 9.89. The minimum Gasteiger partial charge on any atom is -0.497 e. The SMILES string of the molecule is COc1ccc(C(=O)C2CCN(c3cncc(C(N)=O)n3)CC2)cc1. The summed E-state index contributed by atoms with van der Waals surface area (Å²) in [5.74, 6) is 0.890. The van der Waals surface area contributed by atoms with Gasteiger partial charge in [0.05, 0.1) is 19.5 Å². The highest BCUT2D eigenvalue weighted by molar-refractivity contribution is 5.98. The summed E-state index contributed by atoms with van der Waals surface area (Å²) < 4.78 is 5.12. The fraction of sp³-hybridized carbons (Fsp3) is 0.333. The normalized spacial score (nSPS) is 15.0. The molecule has 7 heteroatoms. The number of piperidine rings is 1. The lowest BCUT2D eigenvalue weighted by Crippen LogP contribution is -2.37. The Hall–Kier alpha value is -2.96. The number of carbonyl (C=O) groups excluding carboxylic acids is 2. The highest BCUT2D eigenvalue weighted by Gasteiger charge is 2.26. The largest absolute Gasteiger partial charge is 0.497 e. The molecule has 1 saturated heterocycles. The van der Waals surface area contributed by atoms with Gasteiger partial charge in [-0.2, -0.15) is 0 Å². The summed E-state index contributed by atoms with van der Waals surface area (Å²) in [6.45, 7) is 1.37. The maximum Gasteiger partial charge on any atom is 0.268 e. The van der Waals surface area contributed by atoms with Crippen LogP contribution in [0.5, 0.6) is 5.75 Å². The third-order valence-electron chi connectivity index (χ3n) is 4.44. The molecule has 2 N–H and O–H groups in total. The smallest absolute Gasteiger partial charge is 0.268 e. The monoisotopic (exact) mass is 340 g/mol. The van der Waals surface area contributed by atoms with Crippen molar-refractivity contribution in [2.75, 3.05) is 25.1 Å². The summed E-state index contributed by atoms with van der Waals surface area (Å²) in [5, 5.41) is 0. The third kappa shape index (κ3) is 3.76. The minimum atomic E-state index is -0.598. The molecule has 3 rings (SSSR count). The molecule has 0 saturated carbocycles. The minimum absolute atomic E-state index is 0.0167. The first-order valence-electron chi connectivity index (χ1n) is 8.13. The first-order valence-corrected chi connectivity index (χ1v) is 8.13. The summed E-state index contributed by atoms with van der Waals surface area (Å²) in [7, 11) is 1.60.